The van der Waals surface area contributed by atoms with E-state index in [0.717, 1.165) is 0 Å². The summed E-state index contributed by atoms with van der Waals surface area (Å²) in [6, 6.07) is 1.72. The van der Waals surface area contributed by atoms with E-state index in [1.807, 2.05) is 0 Å². The summed E-state index contributed by atoms with van der Waals surface area (Å²) in [6.45, 7) is 0. The molecule has 0 N–H and O–H groups in total. The molecule has 0 atom stereocenters. The third-order valence-corrected chi connectivity index (χ3v) is 0.691. The van der Waals surface area contributed by atoms with Crippen molar-refractivity contribution in [2.24, 2.45) is 0 Å². The average Bonchev–Trinajstić information content (AvgIpc) is 2.64. The highest BCUT2D eigenvalue weighted by Crippen LogP contribution is 1.64. The second-order valence-corrected chi connectivity index (χ2v) is 1.40. The molecule has 0 saturated heterocycles. The van der Waals surface area contributed by atoms with Crippen molar-refractivity contribution >= 4 is 0 Å². The lowest BCUT2D eigenvalue weighted by Gasteiger charge is -1.68. The molecule has 2 aromatic heterocycles. The van der Waals surface area contributed by atoms with Gasteiger partial charge in [-0.1, -0.05) is 0 Å². The van der Waals surface area contributed by atoms with E-state index in [0.29, 0.717) is 0 Å². The van der Waals surface area contributed by atoms with Crippen molar-refractivity contribution in [3.8, 4) is 0 Å². The predicted octanol–water partition coefficient (Wildman–Crippen LogP) is -0.0588. The molecule has 0 bridgehead atoms. The van der Waals surface area contributed by atoms with Crippen LogP contribution in [-0.2, 0) is 0 Å². The largest absolute Gasteiger partial charge is 0.346 e. The highest BCUT2D eigenvalue weighted by Gasteiger charge is 1.61. The zero-order valence-electron chi connectivity index (χ0n) is 5.53. The molecule has 0 aliphatic carbocycles. The van der Waals surface area contributed by atoms with Crippen LogP contribution in [-0.4, -0.2) is 25.8 Å². The molecule has 2 aromatic rings. The maximum absolute atomic E-state index is 4.22. The van der Waals surface area contributed by atoms with Crippen LogP contribution in [0.4, 0.5) is 0 Å². The van der Waals surface area contributed by atoms with Gasteiger partial charge in [0.05, 0.1) is 18.6 Å². The smallest absolute Gasteiger partial charge is 0.144 e. The first-order valence-corrected chi connectivity index (χ1v) is 2.79. The topological polar surface area (TPSA) is 77.6 Å². The fraction of sp³-hybridized carbons (Fsp3) is 0. The van der Waals surface area contributed by atoms with Gasteiger partial charge in [-0.15, -0.1) is 15.3 Å². The van der Waals surface area contributed by atoms with Gasteiger partial charge >= 0.3 is 0 Å². The van der Waals surface area contributed by atoms with Crippen molar-refractivity contribution < 1.29 is 4.52 Å². The number of hydrogen-bond donors (Lipinski definition) is 0. The van der Waals surface area contributed by atoms with Crippen LogP contribution in [0.1, 0.15) is 0 Å². The molecule has 0 aromatic carbocycles. The molecule has 0 unspecified atom stereocenters. The van der Waals surface area contributed by atoms with Crippen LogP contribution in [0.15, 0.2) is 35.4 Å². The quantitative estimate of drug-likeness (QED) is 0.525. The van der Waals surface area contributed by atoms with Gasteiger partial charge in [-0.05, 0) is 11.3 Å². The lowest BCUT2D eigenvalue weighted by atomic mass is 10.7. The van der Waals surface area contributed by atoms with Crippen LogP contribution in [0.5, 0.6) is 0 Å². The molecule has 56 valence electrons. The molecule has 0 amide bonds. The average molecular weight is 151 g/mol. The first-order chi connectivity index (χ1) is 5.50. The highest BCUT2D eigenvalue weighted by molar-refractivity contribution is 4.69. The van der Waals surface area contributed by atoms with Crippen molar-refractivity contribution in [2.75, 3.05) is 0 Å². The highest BCUT2D eigenvalue weighted by atomic mass is 16.5. The van der Waals surface area contributed by atoms with E-state index in [4.69, 9.17) is 0 Å². The third-order valence-electron chi connectivity index (χ3n) is 0.691. The maximum atomic E-state index is 4.22. The minimum atomic E-state index is 1.40. The van der Waals surface area contributed by atoms with Gasteiger partial charge in [0.15, 0.2) is 0 Å². The van der Waals surface area contributed by atoms with Crippen molar-refractivity contribution in [1.82, 2.24) is 25.8 Å². The fourth-order valence-electron chi connectivity index (χ4n) is 0.341. The summed E-state index contributed by atoms with van der Waals surface area (Å²) in [4.78, 5) is 0. The van der Waals surface area contributed by atoms with Gasteiger partial charge in [0, 0.05) is 5.27 Å². The van der Waals surface area contributed by atoms with Gasteiger partial charge in [-0.3, -0.25) is 0 Å². The van der Waals surface area contributed by atoms with Crippen molar-refractivity contribution in [3.63, 3.8) is 0 Å². The number of hydrogen-bond acceptors (Lipinski definition) is 6. The Morgan fingerprint density at radius 1 is 0.909 bits per heavy atom. The number of rotatable bonds is 0. The van der Waals surface area contributed by atoms with E-state index in [9.17, 15) is 0 Å². The Bertz CT molecular complexity index is 201. The van der Waals surface area contributed by atoms with Gasteiger partial charge < -0.3 is 4.52 Å². The van der Waals surface area contributed by atoms with E-state index < -0.39 is 0 Å². The van der Waals surface area contributed by atoms with Crippen LogP contribution in [0.2, 0.25) is 0 Å². The Morgan fingerprint density at radius 3 is 1.91 bits per heavy atom. The van der Waals surface area contributed by atoms with Crippen LogP contribution in [0.25, 0.3) is 0 Å². The van der Waals surface area contributed by atoms with Crippen LogP contribution < -0.4 is 0 Å². The number of aromatic nitrogens is 5. The predicted molar refractivity (Wildman–Crippen MR) is 34.1 cm³/mol. The fourth-order valence-corrected chi connectivity index (χ4v) is 0.341. The van der Waals surface area contributed by atoms with Crippen molar-refractivity contribution in [2.45, 2.75) is 0 Å². The molecular weight excluding hydrogens is 146 g/mol. The van der Waals surface area contributed by atoms with E-state index in [1.54, 1.807) is 18.5 Å². The molecule has 0 fully saturated rings. The molecular formula is C5H5N5O. The summed E-state index contributed by atoms with van der Waals surface area (Å²) >= 11 is 0. The molecule has 6 heteroatoms. The third kappa shape index (κ3) is 3.68. The Hall–Kier alpha value is -1.85. The minimum Gasteiger partial charge on any atom is -0.346 e. The first-order valence-electron chi connectivity index (χ1n) is 2.79. The molecule has 2 rings (SSSR count). The monoisotopic (exact) mass is 151 g/mol. The first kappa shape index (κ1) is 7.26. The van der Waals surface area contributed by atoms with Crippen molar-refractivity contribution in [1.29, 1.82) is 0 Å². The zero-order valence-corrected chi connectivity index (χ0v) is 5.53. The zero-order chi connectivity index (χ0) is 7.78. The summed E-state index contributed by atoms with van der Waals surface area (Å²) < 4.78 is 4.22. The van der Waals surface area contributed by atoms with Gasteiger partial charge in [-0.25, -0.2) is 0 Å². The second-order valence-electron chi connectivity index (χ2n) is 1.40. The van der Waals surface area contributed by atoms with Gasteiger partial charge in [-0.2, -0.15) is 0 Å². The molecule has 2 heterocycles. The Balaban J connectivity index is 0.000000112. The Kier molecular flexibility index (Phi) is 3.28. The normalized spacial score (nSPS) is 8.00. The van der Waals surface area contributed by atoms with Gasteiger partial charge in [0.2, 0.25) is 0 Å². The van der Waals surface area contributed by atoms with Crippen LogP contribution in [0, 0.1) is 0 Å². The second kappa shape index (κ2) is 4.98. The summed E-state index contributed by atoms with van der Waals surface area (Å²) in [5.41, 5.74) is 0. The molecule has 11 heavy (non-hydrogen) atoms. The molecule has 0 radical (unpaired) electrons. The summed E-state index contributed by atoms with van der Waals surface area (Å²) in [5.74, 6) is 0. The molecule has 0 spiro atoms. The molecule has 0 aliphatic rings. The van der Waals surface area contributed by atoms with Crippen LogP contribution >= 0.6 is 0 Å². The Labute approximate surface area is 62.2 Å². The maximum Gasteiger partial charge on any atom is 0.144 e. The molecule has 0 saturated carbocycles. The lowest BCUT2D eigenvalue weighted by molar-refractivity contribution is 0.393. The van der Waals surface area contributed by atoms with E-state index >= 15 is 0 Å². The number of nitrogens with zero attached hydrogens (tertiary/aromatic N) is 5. The SMILES string of the molecule is c1cnnnc1.c1conn1. The van der Waals surface area contributed by atoms with Gasteiger partial charge in [0.25, 0.3) is 0 Å². The lowest BCUT2D eigenvalue weighted by Crippen LogP contribution is -1.78. The molecule has 0 aliphatic heterocycles. The summed E-state index contributed by atoms with van der Waals surface area (Å²) in [7, 11) is 0. The Morgan fingerprint density at radius 2 is 1.73 bits per heavy atom. The summed E-state index contributed by atoms with van der Waals surface area (Å²) in [5, 5.41) is 16.5. The molecule has 6 nitrogen and oxygen atoms in total. The van der Waals surface area contributed by atoms with E-state index in [1.165, 1.54) is 12.5 Å². The minimum absolute atomic E-state index is 1.40. The van der Waals surface area contributed by atoms with Crippen molar-refractivity contribution in [3.05, 3.63) is 30.9 Å². The van der Waals surface area contributed by atoms with E-state index in [-0.39, 0.29) is 0 Å². The van der Waals surface area contributed by atoms with Crippen LogP contribution in [0.3, 0.4) is 0 Å². The van der Waals surface area contributed by atoms with E-state index in [2.05, 4.69) is 30.3 Å². The van der Waals surface area contributed by atoms with Gasteiger partial charge in [0.1, 0.15) is 6.26 Å². The standard InChI is InChI=1S/C3H3N3.C2H2N2O/c1-2-4-6-5-3-1;1-2-5-4-3-1/h1-3H;1-2H. The summed E-state index contributed by atoms with van der Waals surface area (Å²) in [6.07, 6.45) is 6.03.